The number of hydrogen-bond acceptors (Lipinski definition) is 5. The molecule has 1 fully saturated rings. The second kappa shape index (κ2) is 8.18. The van der Waals surface area contributed by atoms with Crippen LogP contribution in [0.5, 0.6) is 0 Å². The zero-order chi connectivity index (χ0) is 21.3. The Kier molecular flexibility index (Phi) is 5.60. The van der Waals surface area contributed by atoms with E-state index in [0.717, 1.165) is 12.2 Å². The lowest BCUT2D eigenvalue weighted by atomic mass is 9.73. The van der Waals surface area contributed by atoms with Crippen molar-refractivity contribution in [3.8, 4) is 0 Å². The lowest BCUT2D eigenvalue weighted by Gasteiger charge is -2.39. The number of likely N-dealkylation sites (tertiary alicyclic amines) is 1. The van der Waals surface area contributed by atoms with Gasteiger partial charge in [-0.25, -0.2) is 4.39 Å². The smallest absolute Gasteiger partial charge is 0.309 e. The maximum atomic E-state index is 13.5. The van der Waals surface area contributed by atoms with Crippen molar-refractivity contribution in [1.82, 2.24) is 14.7 Å². The van der Waals surface area contributed by atoms with Crippen molar-refractivity contribution in [2.75, 3.05) is 13.1 Å². The highest BCUT2D eigenvalue weighted by atomic mass is 19.1. The molecule has 1 N–H and O–H groups in total. The molecule has 2 aliphatic heterocycles. The molecule has 4 rings (SSSR count). The van der Waals surface area contributed by atoms with E-state index in [1.165, 1.54) is 17.7 Å². The Bertz CT molecular complexity index is 963. The van der Waals surface area contributed by atoms with Crippen LogP contribution >= 0.6 is 0 Å². The van der Waals surface area contributed by atoms with Crippen LogP contribution in [-0.2, 0) is 23.2 Å². The third kappa shape index (κ3) is 4.23. The molecule has 1 unspecified atom stereocenters. The van der Waals surface area contributed by atoms with Crippen LogP contribution in [0.15, 0.2) is 35.6 Å². The molecule has 8 heteroatoms. The first-order chi connectivity index (χ1) is 14.3. The summed E-state index contributed by atoms with van der Waals surface area (Å²) in [5, 5.41) is 18.5. The summed E-state index contributed by atoms with van der Waals surface area (Å²) in [5.74, 6) is -1.10. The SMILES string of the molecule is Cc1nn(C)cc1CN1CCC(CC2CC(c3cccc(F)c3)=NO2)(C(=O)O)CC1. The molecule has 30 heavy (non-hydrogen) atoms. The number of rotatable bonds is 6. The Hall–Kier alpha value is -2.74. The van der Waals surface area contributed by atoms with Gasteiger partial charge in [0.05, 0.1) is 16.8 Å². The average molecular weight is 414 g/mol. The predicted molar refractivity (Wildman–Crippen MR) is 110 cm³/mol. The Morgan fingerprint density at radius 1 is 1.37 bits per heavy atom. The highest BCUT2D eigenvalue weighted by Crippen LogP contribution is 2.39. The van der Waals surface area contributed by atoms with Crippen LogP contribution in [0.25, 0.3) is 0 Å². The highest BCUT2D eigenvalue weighted by Gasteiger charge is 2.45. The fourth-order valence-electron chi connectivity index (χ4n) is 4.50. The van der Waals surface area contributed by atoms with Gasteiger partial charge in [-0.3, -0.25) is 14.4 Å². The number of benzene rings is 1. The van der Waals surface area contributed by atoms with E-state index < -0.39 is 11.4 Å². The van der Waals surface area contributed by atoms with Crippen LogP contribution in [0.2, 0.25) is 0 Å². The summed E-state index contributed by atoms with van der Waals surface area (Å²) in [6.07, 6.45) is 3.76. The number of hydrogen-bond donors (Lipinski definition) is 1. The average Bonchev–Trinajstić information content (AvgIpc) is 3.29. The molecule has 0 saturated carbocycles. The Morgan fingerprint density at radius 2 is 2.13 bits per heavy atom. The molecule has 1 aromatic carbocycles. The molecule has 0 aliphatic carbocycles. The number of oxime groups is 1. The number of aryl methyl sites for hydroxylation is 2. The highest BCUT2D eigenvalue weighted by molar-refractivity contribution is 6.01. The quantitative estimate of drug-likeness (QED) is 0.786. The molecule has 1 saturated heterocycles. The number of aromatic nitrogens is 2. The number of aliphatic carboxylic acids is 1. The predicted octanol–water partition coefficient (Wildman–Crippen LogP) is 3.12. The Labute approximate surface area is 175 Å². The first-order valence-electron chi connectivity index (χ1n) is 10.3. The number of carboxylic acid groups (broad SMARTS) is 1. The minimum absolute atomic E-state index is 0.300. The number of piperidine rings is 1. The molecule has 160 valence electrons. The fraction of sp³-hybridized carbons (Fsp3) is 0.500. The van der Waals surface area contributed by atoms with Crippen molar-refractivity contribution < 1.29 is 19.1 Å². The van der Waals surface area contributed by atoms with Crippen LogP contribution in [0, 0.1) is 18.2 Å². The lowest BCUT2D eigenvalue weighted by molar-refractivity contribution is -0.155. The van der Waals surface area contributed by atoms with E-state index in [-0.39, 0.29) is 11.9 Å². The largest absolute Gasteiger partial charge is 0.481 e. The van der Waals surface area contributed by atoms with E-state index in [4.69, 9.17) is 4.84 Å². The standard InChI is InChI=1S/C22H27FN4O3/c1-15-17(13-26(2)24-15)14-27-8-6-22(7-9-27,21(28)29)12-19-11-20(25-30-19)16-4-3-5-18(23)10-16/h3-5,10,13,19H,6-9,11-12,14H2,1-2H3,(H,28,29). The monoisotopic (exact) mass is 414 g/mol. The van der Waals surface area contributed by atoms with Crippen molar-refractivity contribution in [1.29, 1.82) is 0 Å². The van der Waals surface area contributed by atoms with Crippen molar-refractivity contribution in [2.45, 2.75) is 45.3 Å². The van der Waals surface area contributed by atoms with Crippen molar-refractivity contribution >= 4 is 11.7 Å². The maximum Gasteiger partial charge on any atom is 0.309 e. The summed E-state index contributed by atoms with van der Waals surface area (Å²) in [6, 6.07) is 6.24. The van der Waals surface area contributed by atoms with Gasteiger partial charge in [-0.2, -0.15) is 5.10 Å². The molecule has 3 heterocycles. The molecule has 0 amide bonds. The lowest BCUT2D eigenvalue weighted by Crippen LogP contribution is -2.45. The summed E-state index contributed by atoms with van der Waals surface area (Å²) in [5.41, 5.74) is 2.72. The molecule has 2 aromatic rings. The van der Waals surface area contributed by atoms with Crippen LogP contribution in [0.3, 0.4) is 0 Å². The third-order valence-corrected chi connectivity index (χ3v) is 6.29. The van der Waals surface area contributed by atoms with Crippen molar-refractivity contribution in [2.24, 2.45) is 17.6 Å². The van der Waals surface area contributed by atoms with E-state index in [1.807, 2.05) is 24.9 Å². The topological polar surface area (TPSA) is 80.0 Å². The van der Waals surface area contributed by atoms with E-state index in [9.17, 15) is 14.3 Å². The van der Waals surface area contributed by atoms with Crippen LogP contribution in [-0.4, -0.2) is 50.7 Å². The maximum absolute atomic E-state index is 13.5. The molecule has 0 bridgehead atoms. The minimum atomic E-state index is -0.821. The van der Waals surface area contributed by atoms with E-state index in [1.54, 1.807) is 12.1 Å². The summed E-state index contributed by atoms with van der Waals surface area (Å²) < 4.78 is 15.3. The van der Waals surface area contributed by atoms with Crippen LogP contribution < -0.4 is 0 Å². The second-order valence-electron chi connectivity index (χ2n) is 8.46. The first kappa shape index (κ1) is 20.5. The number of nitrogens with zero attached hydrogens (tertiary/aromatic N) is 4. The number of carbonyl (C=O) groups is 1. The van der Waals surface area contributed by atoms with Crippen molar-refractivity contribution in [3.63, 3.8) is 0 Å². The first-order valence-corrected chi connectivity index (χ1v) is 10.3. The van der Waals surface area contributed by atoms with Gasteiger partial charge >= 0.3 is 5.97 Å². The summed E-state index contributed by atoms with van der Waals surface area (Å²) >= 11 is 0. The number of carboxylic acids is 1. The molecule has 2 aliphatic rings. The van der Waals surface area contributed by atoms with Crippen LogP contribution in [0.1, 0.15) is 42.5 Å². The van der Waals surface area contributed by atoms with Gasteiger partial charge in [-0.1, -0.05) is 17.3 Å². The van der Waals surface area contributed by atoms with E-state index in [2.05, 4.69) is 15.2 Å². The molecule has 0 radical (unpaired) electrons. The molecular formula is C22H27FN4O3. The Morgan fingerprint density at radius 3 is 2.77 bits per heavy atom. The summed E-state index contributed by atoms with van der Waals surface area (Å²) in [4.78, 5) is 20.1. The molecular weight excluding hydrogens is 387 g/mol. The van der Waals surface area contributed by atoms with E-state index in [0.29, 0.717) is 50.0 Å². The fourth-order valence-corrected chi connectivity index (χ4v) is 4.50. The van der Waals surface area contributed by atoms with Gasteiger partial charge in [0.1, 0.15) is 11.9 Å². The van der Waals surface area contributed by atoms with Gasteiger partial charge in [0.2, 0.25) is 0 Å². The third-order valence-electron chi connectivity index (χ3n) is 6.29. The van der Waals surface area contributed by atoms with Gasteiger partial charge in [-0.05, 0) is 45.0 Å². The van der Waals surface area contributed by atoms with Crippen LogP contribution in [0.4, 0.5) is 4.39 Å². The zero-order valence-corrected chi connectivity index (χ0v) is 17.3. The molecule has 1 aromatic heterocycles. The normalized spacial score (nSPS) is 21.3. The molecule has 7 nitrogen and oxygen atoms in total. The Balaban J connectivity index is 1.37. The number of halogens is 1. The van der Waals surface area contributed by atoms with E-state index >= 15 is 0 Å². The van der Waals surface area contributed by atoms with Gasteiger partial charge in [0.15, 0.2) is 0 Å². The molecule has 1 atom stereocenters. The summed E-state index contributed by atoms with van der Waals surface area (Å²) in [6.45, 7) is 4.20. The van der Waals surface area contributed by atoms with Gasteiger partial charge in [0, 0.05) is 43.8 Å². The summed E-state index contributed by atoms with van der Waals surface area (Å²) in [7, 11) is 1.91. The van der Waals surface area contributed by atoms with Gasteiger partial charge in [0.25, 0.3) is 0 Å². The second-order valence-corrected chi connectivity index (χ2v) is 8.46. The zero-order valence-electron chi connectivity index (χ0n) is 17.3. The minimum Gasteiger partial charge on any atom is -0.481 e. The molecule has 0 spiro atoms. The van der Waals surface area contributed by atoms with Gasteiger partial charge < -0.3 is 9.94 Å². The van der Waals surface area contributed by atoms with Crippen molar-refractivity contribution in [3.05, 3.63) is 53.1 Å². The van der Waals surface area contributed by atoms with Gasteiger partial charge in [-0.15, -0.1) is 0 Å².